The Balaban J connectivity index is 2.30. The zero-order valence-corrected chi connectivity index (χ0v) is 9.35. The molecule has 2 N–H and O–H groups in total. The number of aliphatic hydroxyl groups excluding tert-OH is 1. The maximum Gasteiger partial charge on any atom is 0.0687 e. The van der Waals surface area contributed by atoms with Crippen LogP contribution >= 0.6 is 0 Å². The first-order chi connectivity index (χ1) is 8.40. The van der Waals surface area contributed by atoms with Crippen LogP contribution in [0.15, 0.2) is 54.7 Å². The monoisotopic (exact) mass is 223 g/mol. The molecular formula is C15H13NO. The van der Waals surface area contributed by atoms with Crippen molar-refractivity contribution in [3.63, 3.8) is 0 Å². The second-order valence-corrected chi connectivity index (χ2v) is 4.06. The average molecular weight is 223 g/mol. The van der Waals surface area contributed by atoms with Crippen LogP contribution in [0.5, 0.6) is 0 Å². The highest BCUT2D eigenvalue weighted by atomic mass is 16.3. The van der Waals surface area contributed by atoms with Crippen LogP contribution in [-0.4, -0.2) is 10.1 Å². The van der Waals surface area contributed by atoms with Crippen molar-refractivity contribution < 1.29 is 5.11 Å². The summed E-state index contributed by atoms with van der Waals surface area (Å²) in [6, 6.07) is 16.2. The van der Waals surface area contributed by atoms with Gasteiger partial charge in [0.05, 0.1) is 6.61 Å². The van der Waals surface area contributed by atoms with Crippen LogP contribution in [0.25, 0.3) is 22.0 Å². The Morgan fingerprint density at radius 2 is 1.71 bits per heavy atom. The molecule has 0 aliphatic rings. The number of aliphatic hydroxyl groups is 1. The summed E-state index contributed by atoms with van der Waals surface area (Å²) < 4.78 is 0. The van der Waals surface area contributed by atoms with Gasteiger partial charge in [0.15, 0.2) is 0 Å². The Kier molecular flexibility index (Phi) is 2.42. The molecule has 0 radical (unpaired) electrons. The number of H-pyrrole nitrogens is 1. The van der Waals surface area contributed by atoms with Gasteiger partial charge in [-0.15, -0.1) is 0 Å². The first kappa shape index (κ1) is 10.1. The number of hydrogen-bond acceptors (Lipinski definition) is 1. The zero-order valence-electron chi connectivity index (χ0n) is 9.35. The normalized spacial score (nSPS) is 10.9. The molecule has 3 aromatic rings. The highest BCUT2D eigenvalue weighted by Gasteiger charge is 2.07. The van der Waals surface area contributed by atoms with Gasteiger partial charge >= 0.3 is 0 Å². The third-order valence-corrected chi connectivity index (χ3v) is 3.07. The van der Waals surface area contributed by atoms with Gasteiger partial charge in [0, 0.05) is 17.1 Å². The Labute approximate surface area is 99.5 Å². The van der Waals surface area contributed by atoms with Gasteiger partial charge in [0.1, 0.15) is 0 Å². The summed E-state index contributed by atoms with van der Waals surface area (Å²) in [5.41, 5.74) is 4.34. The molecule has 0 atom stereocenters. The molecule has 0 saturated carbocycles. The lowest BCUT2D eigenvalue weighted by Gasteiger charge is -2.08. The van der Waals surface area contributed by atoms with E-state index in [1.807, 2.05) is 36.5 Å². The van der Waals surface area contributed by atoms with E-state index in [1.54, 1.807) is 0 Å². The fourth-order valence-electron chi connectivity index (χ4n) is 2.24. The summed E-state index contributed by atoms with van der Waals surface area (Å²) in [4.78, 5) is 3.20. The fraction of sp³-hybridized carbons (Fsp3) is 0.0667. The van der Waals surface area contributed by atoms with Crippen LogP contribution < -0.4 is 0 Å². The Morgan fingerprint density at radius 3 is 2.59 bits per heavy atom. The number of aromatic amines is 1. The molecule has 0 aliphatic carbocycles. The average Bonchev–Trinajstić information content (AvgIpc) is 2.86. The Bertz CT molecular complexity index is 655. The molecular weight excluding hydrogens is 210 g/mol. The summed E-state index contributed by atoms with van der Waals surface area (Å²) in [5, 5.41) is 10.6. The molecule has 0 saturated heterocycles. The molecule has 0 aliphatic heterocycles. The maximum atomic E-state index is 9.39. The minimum absolute atomic E-state index is 0.0665. The van der Waals surface area contributed by atoms with E-state index >= 15 is 0 Å². The van der Waals surface area contributed by atoms with Crippen LogP contribution in [0.3, 0.4) is 0 Å². The minimum atomic E-state index is 0.0665. The minimum Gasteiger partial charge on any atom is -0.392 e. The molecule has 17 heavy (non-hydrogen) atoms. The van der Waals surface area contributed by atoms with Crippen LogP contribution in [0.1, 0.15) is 5.56 Å². The van der Waals surface area contributed by atoms with Crippen molar-refractivity contribution in [2.75, 3.05) is 0 Å². The maximum absolute atomic E-state index is 9.39. The number of benzene rings is 2. The number of aromatic nitrogens is 1. The molecule has 84 valence electrons. The van der Waals surface area contributed by atoms with Crippen molar-refractivity contribution in [3.05, 3.63) is 60.3 Å². The van der Waals surface area contributed by atoms with E-state index in [0.29, 0.717) is 0 Å². The molecule has 0 unspecified atom stereocenters. The zero-order chi connectivity index (χ0) is 11.7. The summed E-state index contributed by atoms with van der Waals surface area (Å²) in [6.45, 7) is 0.0665. The molecule has 1 heterocycles. The van der Waals surface area contributed by atoms with Crippen molar-refractivity contribution >= 4 is 10.9 Å². The van der Waals surface area contributed by atoms with Gasteiger partial charge in [-0.25, -0.2) is 0 Å². The van der Waals surface area contributed by atoms with Gasteiger partial charge in [-0.3, -0.25) is 0 Å². The van der Waals surface area contributed by atoms with Crippen molar-refractivity contribution in [2.24, 2.45) is 0 Å². The van der Waals surface area contributed by atoms with Crippen molar-refractivity contribution in [2.45, 2.75) is 6.61 Å². The summed E-state index contributed by atoms with van der Waals surface area (Å²) in [7, 11) is 0. The highest BCUT2D eigenvalue weighted by molar-refractivity contribution is 5.95. The van der Waals surface area contributed by atoms with E-state index in [1.165, 1.54) is 5.39 Å². The topological polar surface area (TPSA) is 36.0 Å². The number of hydrogen-bond donors (Lipinski definition) is 2. The van der Waals surface area contributed by atoms with Crippen LogP contribution in [0.2, 0.25) is 0 Å². The van der Waals surface area contributed by atoms with E-state index in [9.17, 15) is 5.11 Å². The third kappa shape index (κ3) is 1.63. The second kappa shape index (κ2) is 4.07. The predicted molar refractivity (Wildman–Crippen MR) is 69.7 cm³/mol. The quantitative estimate of drug-likeness (QED) is 0.686. The second-order valence-electron chi connectivity index (χ2n) is 4.06. The van der Waals surface area contributed by atoms with Crippen LogP contribution in [0.4, 0.5) is 0 Å². The summed E-state index contributed by atoms with van der Waals surface area (Å²) in [5.74, 6) is 0. The molecule has 0 spiro atoms. The Hall–Kier alpha value is -2.06. The number of fused-ring (bicyclic) bond motifs is 1. The number of nitrogens with one attached hydrogen (secondary N) is 1. The predicted octanol–water partition coefficient (Wildman–Crippen LogP) is 3.33. The SMILES string of the molecule is OCc1ccccc1-c1cccc2[nH]ccc12. The lowest BCUT2D eigenvalue weighted by molar-refractivity contribution is 0.282. The number of rotatable bonds is 2. The van der Waals surface area contributed by atoms with Crippen LogP contribution in [-0.2, 0) is 6.61 Å². The largest absolute Gasteiger partial charge is 0.392 e. The molecule has 2 aromatic carbocycles. The molecule has 1 aromatic heterocycles. The standard InChI is InChI=1S/C15H13NO/c17-10-11-4-1-2-5-12(11)13-6-3-7-15-14(13)8-9-16-15/h1-9,16-17H,10H2. The van der Waals surface area contributed by atoms with Crippen LogP contribution in [0, 0.1) is 0 Å². The highest BCUT2D eigenvalue weighted by Crippen LogP contribution is 2.30. The van der Waals surface area contributed by atoms with E-state index in [0.717, 1.165) is 22.2 Å². The molecule has 0 amide bonds. The fourth-order valence-corrected chi connectivity index (χ4v) is 2.24. The van der Waals surface area contributed by atoms with Gasteiger partial charge in [-0.05, 0) is 28.8 Å². The van der Waals surface area contributed by atoms with Crippen molar-refractivity contribution in [1.29, 1.82) is 0 Å². The third-order valence-electron chi connectivity index (χ3n) is 3.07. The van der Waals surface area contributed by atoms with E-state index < -0.39 is 0 Å². The Morgan fingerprint density at radius 1 is 0.882 bits per heavy atom. The van der Waals surface area contributed by atoms with Crippen molar-refractivity contribution in [1.82, 2.24) is 4.98 Å². The molecule has 2 nitrogen and oxygen atoms in total. The van der Waals surface area contributed by atoms with E-state index in [2.05, 4.69) is 23.2 Å². The lowest BCUT2D eigenvalue weighted by Crippen LogP contribution is -1.89. The van der Waals surface area contributed by atoms with Gasteiger partial charge in [0.2, 0.25) is 0 Å². The van der Waals surface area contributed by atoms with Gasteiger partial charge in [-0.2, -0.15) is 0 Å². The smallest absolute Gasteiger partial charge is 0.0687 e. The molecule has 0 fully saturated rings. The van der Waals surface area contributed by atoms with Gasteiger partial charge in [-0.1, -0.05) is 36.4 Å². The first-order valence-corrected chi connectivity index (χ1v) is 5.65. The summed E-state index contributed by atoms with van der Waals surface area (Å²) >= 11 is 0. The molecule has 0 bridgehead atoms. The van der Waals surface area contributed by atoms with E-state index in [4.69, 9.17) is 0 Å². The first-order valence-electron chi connectivity index (χ1n) is 5.65. The molecule has 2 heteroatoms. The van der Waals surface area contributed by atoms with Gasteiger partial charge < -0.3 is 10.1 Å². The van der Waals surface area contributed by atoms with Crippen molar-refractivity contribution in [3.8, 4) is 11.1 Å². The van der Waals surface area contributed by atoms with E-state index in [-0.39, 0.29) is 6.61 Å². The summed E-state index contributed by atoms with van der Waals surface area (Å²) in [6.07, 6.45) is 1.94. The van der Waals surface area contributed by atoms with Gasteiger partial charge in [0.25, 0.3) is 0 Å². The molecule has 3 rings (SSSR count). The lowest BCUT2D eigenvalue weighted by atomic mass is 9.97.